The summed E-state index contributed by atoms with van der Waals surface area (Å²) in [6.45, 7) is 3.82. The molecule has 6 heteroatoms. The van der Waals surface area contributed by atoms with Crippen molar-refractivity contribution in [3.8, 4) is 0 Å². The van der Waals surface area contributed by atoms with Crippen LogP contribution in [0.5, 0.6) is 0 Å². The lowest BCUT2D eigenvalue weighted by molar-refractivity contribution is 0.271. The number of nitrogens with zero attached hydrogens (tertiary/aromatic N) is 3. The van der Waals surface area contributed by atoms with Gasteiger partial charge in [0.05, 0.1) is 22.5 Å². The number of fused-ring (bicyclic) bond motifs is 1. The molecule has 4 nitrogen and oxygen atoms in total. The molecule has 0 spiro atoms. The van der Waals surface area contributed by atoms with E-state index in [4.69, 9.17) is 16.7 Å². The maximum atomic E-state index is 9.11. The molecule has 0 aliphatic rings. The van der Waals surface area contributed by atoms with Crippen LogP contribution in [-0.4, -0.2) is 26.3 Å². The van der Waals surface area contributed by atoms with Crippen molar-refractivity contribution in [3.05, 3.63) is 27.1 Å². The number of aromatic nitrogens is 3. The van der Waals surface area contributed by atoms with Crippen LogP contribution < -0.4 is 0 Å². The van der Waals surface area contributed by atoms with Crippen LogP contribution >= 0.6 is 27.5 Å². The summed E-state index contributed by atoms with van der Waals surface area (Å²) < 4.78 is 2.41. The highest BCUT2D eigenvalue weighted by atomic mass is 79.9. The van der Waals surface area contributed by atoms with Crippen LogP contribution in [-0.2, 0) is 0 Å². The number of halogens is 2. The Balaban J connectivity index is 2.70. The maximum Gasteiger partial charge on any atom is 0.171 e. The molecule has 0 radical (unpaired) electrons. The standard InChI is InChI=1S/C10H11BrClN3O/c1-5(4-16)7-3-8(12)15-10(13-7)9(11)6(2)14-15/h3,5,16H,4H2,1-2H3. The van der Waals surface area contributed by atoms with Crippen molar-refractivity contribution in [2.24, 2.45) is 0 Å². The predicted molar refractivity (Wildman–Crippen MR) is 65.9 cm³/mol. The van der Waals surface area contributed by atoms with Crippen molar-refractivity contribution in [2.45, 2.75) is 19.8 Å². The van der Waals surface area contributed by atoms with Crippen molar-refractivity contribution in [1.82, 2.24) is 14.6 Å². The minimum atomic E-state index is -0.0374. The van der Waals surface area contributed by atoms with Crippen molar-refractivity contribution in [2.75, 3.05) is 6.61 Å². The van der Waals surface area contributed by atoms with E-state index in [2.05, 4.69) is 26.0 Å². The average molecular weight is 305 g/mol. The van der Waals surface area contributed by atoms with E-state index in [9.17, 15) is 0 Å². The lowest BCUT2D eigenvalue weighted by Gasteiger charge is -2.08. The van der Waals surface area contributed by atoms with Gasteiger partial charge in [-0.05, 0) is 28.9 Å². The van der Waals surface area contributed by atoms with Crippen LogP contribution in [0.25, 0.3) is 5.65 Å². The van der Waals surface area contributed by atoms with Crippen molar-refractivity contribution in [1.29, 1.82) is 0 Å². The van der Waals surface area contributed by atoms with Crippen molar-refractivity contribution >= 4 is 33.2 Å². The van der Waals surface area contributed by atoms with Crippen LogP contribution in [0, 0.1) is 6.92 Å². The smallest absolute Gasteiger partial charge is 0.171 e. The zero-order valence-corrected chi connectivity index (χ0v) is 11.2. The molecular formula is C10H11BrClN3O. The summed E-state index contributed by atoms with van der Waals surface area (Å²) >= 11 is 9.53. The summed E-state index contributed by atoms with van der Waals surface area (Å²) in [6, 6.07) is 1.73. The fourth-order valence-electron chi connectivity index (χ4n) is 1.43. The second-order valence-corrected chi connectivity index (χ2v) is 4.90. The van der Waals surface area contributed by atoms with Crippen molar-refractivity contribution < 1.29 is 5.11 Å². The summed E-state index contributed by atoms with van der Waals surface area (Å²) in [5, 5.41) is 13.9. The van der Waals surface area contributed by atoms with Gasteiger partial charge in [0.25, 0.3) is 0 Å². The second-order valence-electron chi connectivity index (χ2n) is 3.72. The molecule has 2 heterocycles. The third-order valence-electron chi connectivity index (χ3n) is 2.45. The molecular weight excluding hydrogens is 293 g/mol. The first-order valence-electron chi connectivity index (χ1n) is 4.86. The predicted octanol–water partition coefficient (Wildman–Crippen LogP) is 2.55. The van der Waals surface area contributed by atoms with E-state index < -0.39 is 0 Å². The van der Waals surface area contributed by atoms with E-state index in [0.29, 0.717) is 10.8 Å². The molecule has 2 aromatic rings. The van der Waals surface area contributed by atoms with Gasteiger partial charge in [-0.15, -0.1) is 0 Å². The van der Waals surface area contributed by atoms with Gasteiger partial charge in [0.15, 0.2) is 5.65 Å². The Hall–Kier alpha value is -0.650. The van der Waals surface area contributed by atoms with Crippen LogP contribution in [0.1, 0.15) is 24.2 Å². The summed E-state index contributed by atoms with van der Waals surface area (Å²) in [5.74, 6) is -0.0374. The summed E-state index contributed by atoms with van der Waals surface area (Å²) in [7, 11) is 0. The monoisotopic (exact) mass is 303 g/mol. The Morgan fingerprint density at radius 1 is 1.62 bits per heavy atom. The molecule has 0 aliphatic carbocycles. The van der Waals surface area contributed by atoms with Crippen LogP contribution in [0.15, 0.2) is 10.5 Å². The Kier molecular flexibility index (Phi) is 3.19. The fourth-order valence-corrected chi connectivity index (χ4v) is 1.99. The maximum absolute atomic E-state index is 9.11. The minimum absolute atomic E-state index is 0.0374. The number of aliphatic hydroxyl groups excluding tert-OH is 1. The summed E-state index contributed by atoms with van der Waals surface area (Å²) in [5.41, 5.74) is 2.28. The Morgan fingerprint density at radius 2 is 2.31 bits per heavy atom. The van der Waals surface area contributed by atoms with Gasteiger partial charge < -0.3 is 5.11 Å². The van der Waals surface area contributed by atoms with Crippen LogP contribution in [0.4, 0.5) is 0 Å². The van der Waals surface area contributed by atoms with Crippen LogP contribution in [0.2, 0.25) is 5.15 Å². The fraction of sp³-hybridized carbons (Fsp3) is 0.400. The molecule has 16 heavy (non-hydrogen) atoms. The molecule has 1 N–H and O–H groups in total. The molecule has 0 aliphatic heterocycles. The van der Waals surface area contributed by atoms with E-state index >= 15 is 0 Å². The molecule has 86 valence electrons. The van der Waals surface area contributed by atoms with E-state index in [-0.39, 0.29) is 12.5 Å². The second kappa shape index (κ2) is 4.31. The number of aliphatic hydroxyl groups is 1. The summed E-state index contributed by atoms with van der Waals surface area (Å²) in [6.07, 6.45) is 0. The number of hydrogen-bond donors (Lipinski definition) is 1. The minimum Gasteiger partial charge on any atom is -0.396 e. The molecule has 1 unspecified atom stereocenters. The SMILES string of the molecule is Cc1nn2c(Cl)cc(C(C)CO)nc2c1Br. The number of aryl methyl sites for hydroxylation is 1. The van der Waals surface area contributed by atoms with Gasteiger partial charge >= 0.3 is 0 Å². The molecule has 2 aromatic heterocycles. The zero-order valence-electron chi connectivity index (χ0n) is 8.91. The molecule has 0 aromatic carbocycles. The van der Waals surface area contributed by atoms with E-state index in [1.165, 1.54) is 0 Å². The van der Waals surface area contributed by atoms with E-state index in [1.807, 2.05) is 13.8 Å². The first-order valence-corrected chi connectivity index (χ1v) is 6.03. The Morgan fingerprint density at radius 3 is 2.94 bits per heavy atom. The highest BCUT2D eigenvalue weighted by Crippen LogP contribution is 2.25. The summed E-state index contributed by atoms with van der Waals surface area (Å²) in [4.78, 5) is 4.44. The first kappa shape index (κ1) is 11.8. The van der Waals surface area contributed by atoms with Gasteiger partial charge in [-0.3, -0.25) is 0 Å². The molecule has 1 atom stereocenters. The number of rotatable bonds is 2. The third-order valence-corrected chi connectivity index (χ3v) is 3.65. The van der Waals surface area contributed by atoms with Gasteiger partial charge in [-0.25, -0.2) is 9.50 Å². The molecule has 0 saturated carbocycles. The highest BCUT2D eigenvalue weighted by molar-refractivity contribution is 9.10. The molecule has 0 bridgehead atoms. The zero-order chi connectivity index (χ0) is 11.9. The van der Waals surface area contributed by atoms with Crippen LogP contribution in [0.3, 0.4) is 0 Å². The highest BCUT2D eigenvalue weighted by Gasteiger charge is 2.14. The largest absolute Gasteiger partial charge is 0.396 e. The van der Waals surface area contributed by atoms with E-state index in [1.54, 1.807) is 10.6 Å². The van der Waals surface area contributed by atoms with Gasteiger partial charge in [-0.1, -0.05) is 18.5 Å². The molecule has 0 fully saturated rings. The topological polar surface area (TPSA) is 50.4 Å². The van der Waals surface area contributed by atoms with Gasteiger partial charge in [0.1, 0.15) is 5.15 Å². The lowest BCUT2D eigenvalue weighted by Crippen LogP contribution is -2.04. The Labute approximate surface area is 106 Å². The quantitative estimate of drug-likeness (QED) is 0.868. The molecule has 2 rings (SSSR count). The van der Waals surface area contributed by atoms with Gasteiger partial charge in [0, 0.05) is 5.92 Å². The van der Waals surface area contributed by atoms with Gasteiger partial charge in [-0.2, -0.15) is 5.10 Å². The Bertz CT molecular complexity index is 540. The molecule has 0 saturated heterocycles. The van der Waals surface area contributed by atoms with Gasteiger partial charge in [0.2, 0.25) is 0 Å². The van der Waals surface area contributed by atoms with Crippen molar-refractivity contribution in [3.63, 3.8) is 0 Å². The van der Waals surface area contributed by atoms with E-state index in [0.717, 1.165) is 15.9 Å². The number of hydrogen-bond acceptors (Lipinski definition) is 3. The lowest BCUT2D eigenvalue weighted by atomic mass is 10.1. The average Bonchev–Trinajstić information content (AvgIpc) is 2.56. The molecule has 0 amide bonds. The first-order chi connectivity index (χ1) is 7.54. The normalized spacial score (nSPS) is 13.3. The third kappa shape index (κ3) is 1.83.